The second-order valence-electron chi connectivity index (χ2n) is 4.04. The molecule has 3 N–H and O–H groups in total. The summed E-state index contributed by atoms with van der Waals surface area (Å²) in [4.78, 5) is 0. The van der Waals surface area contributed by atoms with Gasteiger partial charge in [-0.2, -0.15) is 0 Å². The smallest absolute Gasteiger partial charge is 0.131 e. The number of hydrogen-bond donors (Lipinski definition) is 2. The molecule has 0 bridgehead atoms. The van der Waals surface area contributed by atoms with E-state index in [1.54, 1.807) is 28.3 Å². The van der Waals surface area contributed by atoms with Crippen LogP contribution < -0.4 is 25.3 Å². The lowest BCUT2D eigenvalue weighted by atomic mass is 10.0. The van der Waals surface area contributed by atoms with Crippen molar-refractivity contribution < 1.29 is 14.2 Å². The second-order valence-corrected chi connectivity index (χ2v) is 4.04. The Morgan fingerprint density at radius 3 is 2.15 bits per heavy atom. The average Bonchev–Trinajstić information content (AvgIpc) is 2.50. The summed E-state index contributed by atoms with van der Waals surface area (Å²) >= 11 is 0. The van der Waals surface area contributed by atoms with Crippen molar-refractivity contribution in [1.82, 2.24) is 5.32 Å². The number of rotatable bonds is 7. The number of hydrogen-bond acceptors (Lipinski definition) is 5. The van der Waals surface area contributed by atoms with Crippen molar-refractivity contribution in [3.63, 3.8) is 0 Å². The highest BCUT2D eigenvalue weighted by molar-refractivity contribution is 5.52. The molecule has 1 aromatic rings. The summed E-state index contributed by atoms with van der Waals surface area (Å²) in [6.07, 6.45) is 0. The summed E-state index contributed by atoms with van der Waals surface area (Å²) in [5.41, 5.74) is 6.72. The Morgan fingerprint density at radius 1 is 1.15 bits per heavy atom. The quantitative estimate of drug-likeness (QED) is 0.737. The van der Waals surface area contributed by atoms with E-state index in [0.717, 1.165) is 5.56 Å². The minimum atomic E-state index is -0.105. The van der Waals surface area contributed by atoms with Gasteiger partial charge in [0.1, 0.15) is 17.2 Å². The maximum Gasteiger partial charge on any atom is 0.131 e. The number of ether oxygens (including phenoxy) is 3. The van der Waals surface area contributed by atoms with Gasteiger partial charge >= 0.3 is 0 Å². The van der Waals surface area contributed by atoms with Gasteiger partial charge in [-0.05, 0) is 6.92 Å². The molecular formula is C15H22N2O3. The normalized spacial score (nSPS) is 11.2. The van der Waals surface area contributed by atoms with Crippen LogP contribution >= 0.6 is 0 Å². The van der Waals surface area contributed by atoms with Crippen molar-refractivity contribution in [1.29, 1.82) is 0 Å². The second kappa shape index (κ2) is 8.31. The van der Waals surface area contributed by atoms with Crippen LogP contribution in [0.15, 0.2) is 12.1 Å². The Balaban J connectivity index is 3.19. The fourth-order valence-electron chi connectivity index (χ4n) is 1.94. The van der Waals surface area contributed by atoms with E-state index in [4.69, 9.17) is 19.9 Å². The molecule has 0 saturated carbocycles. The van der Waals surface area contributed by atoms with Crippen LogP contribution in [0.1, 0.15) is 18.5 Å². The molecule has 0 aliphatic carbocycles. The maximum absolute atomic E-state index is 5.85. The summed E-state index contributed by atoms with van der Waals surface area (Å²) in [6, 6.07) is 3.52. The van der Waals surface area contributed by atoms with E-state index in [9.17, 15) is 0 Å². The minimum Gasteiger partial charge on any atom is -0.496 e. The Bertz CT molecular complexity index is 467. The average molecular weight is 278 g/mol. The number of benzene rings is 1. The van der Waals surface area contributed by atoms with Gasteiger partial charge in [0.25, 0.3) is 0 Å². The van der Waals surface area contributed by atoms with Crippen LogP contribution in [-0.2, 0) is 0 Å². The van der Waals surface area contributed by atoms with Gasteiger partial charge in [0, 0.05) is 18.7 Å². The van der Waals surface area contributed by atoms with E-state index in [1.165, 1.54) is 0 Å². The van der Waals surface area contributed by atoms with Gasteiger partial charge in [-0.1, -0.05) is 5.92 Å². The van der Waals surface area contributed by atoms with Gasteiger partial charge in [0.05, 0.1) is 39.5 Å². The Hall–Kier alpha value is -1.90. The van der Waals surface area contributed by atoms with Crippen molar-refractivity contribution in [2.45, 2.75) is 13.0 Å². The van der Waals surface area contributed by atoms with Crippen molar-refractivity contribution in [2.24, 2.45) is 5.73 Å². The predicted molar refractivity (Wildman–Crippen MR) is 79.3 cm³/mol. The molecule has 0 saturated heterocycles. The van der Waals surface area contributed by atoms with E-state index < -0.39 is 0 Å². The SMILES string of the molecule is CC#CCNC(CN)c1c(OC)cc(OC)cc1OC. The van der Waals surface area contributed by atoms with Gasteiger partial charge in [-0.15, -0.1) is 5.92 Å². The Labute approximate surface area is 120 Å². The summed E-state index contributed by atoms with van der Waals surface area (Å²) in [6.45, 7) is 2.76. The van der Waals surface area contributed by atoms with Crippen LogP contribution in [0.25, 0.3) is 0 Å². The summed E-state index contributed by atoms with van der Waals surface area (Å²) in [7, 11) is 4.82. The third kappa shape index (κ3) is 3.80. The van der Waals surface area contributed by atoms with Crippen LogP contribution in [0.3, 0.4) is 0 Å². The minimum absolute atomic E-state index is 0.105. The van der Waals surface area contributed by atoms with Crippen molar-refractivity contribution in [3.8, 4) is 29.1 Å². The van der Waals surface area contributed by atoms with Crippen LogP contribution in [0.4, 0.5) is 0 Å². The highest BCUT2D eigenvalue weighted by Gasteiger charge is 2.20. The first-order chi connectivity index (χ1) is 9.71. The zero-order valence-corrected chi connectivity index (χ0v) is 12.4. The summed E-state index contributed by atoms with van der Waals surface area (Å²) in [5, 5.41) is 3.27. The predicted octanol–water partition coefficient (Wildman–Crippen LogP) is 1.33. The lowest BCUT2D eigenvalue weighted by Gasteiger charge is -2.22. The highest BCUT2D eigenvalue weighted by atomic mass is 16.5. The lowest BCUT2D eigenvalue weighted by Crippen LogP contribution is -2.29. The van der Waals surface area contributed by atoms with Crippen LogP contribution in [-0.4, -0.2) is 34.4 Å². The Kier molecular flexibility index (Phi) is 6.71. The van der Waals surface area contributed by atoms with Crippen molar-refractivity contribution >= 4 is 0 Å². The fraction of sp³-hybridized carbons (Fsp3) is 0.467. The molecule has 5 heteroatoms. The first-order valence-electron chi connectivity index (χ1n) is 6.34. The molecule has 0 radical (unpaired) electrons. The molecule has 1 rings (SSSR count). The van der Waals surface area contributed by atoms with E-state index >= 15 is 0 Å². The molecule has 0 fully saturated rings. The van der Waals surface area contributed by atoms with E-state index in [-0.39, 0.29) is 6.04 Å². The zero-order chi connectivity index (χ0) is 15.0. The molecular weight excluding hydrogens is 256 g/mol. The molecule has 0 amide bonds. The maximum atomic E-state index is 5.85. The summed E-state index contributed by atoms with van der Waals surface area (Å²) in [5.74, 6) is 7.82. The molecule has 110 valence electrons. The number of nitrogens with one attached hydrogen (secondary N) is 1. The van der Waals surface area contributed by atoms with Crippen LogP contribution in [0, 0.1) is 11.8 Å². The Morgan fingerprint density at radius 2 is 1.75 bits per heavy atom. The van der Waals surface area contributed by atoms with E-state index in [2.05, 4.69) is 17.2 Å². The molecule has 0 aromatic heterocycles. The van der Waals surface area contributed by atoms with Crippen LogP contribution in [0.2, 0.25) is 0 Å². The van der Waals surface area contributed by atoms with Crippen molar-refractivity contribution in [2.75, 3.05) is 34.4 Å². The first-order valence-corrected chi connectivity index (χ1v) is 6.34. The third-order valence-electron chi connectivity index (χ3n) is 2.95. The molecule has 0 heterocycles. The van der Waals surface area contributed by atoms with Gasteiger partial charge in [-0.25, -0.2) is 0 Å². The van der Waals surface area contributed by atoms with Gasteiger partial charge in [-0.3, -0.25) is 5.32 Å². The molecule has 0 aliphatic rings. The zero-order valence-electron chi connectivity index (χ0n) is 12.4. The molecule has 20 heavy (non-hydrogen) atoms. The lowest BCUT2D eigenvalue weighted by molar-refractivity contribution is 0.359. The molecule has 1 aromatic carbocycles. The largest absolute Gasteiger partial charge is 0.496 e. The monoisotopic (exact) mass is 278 g/mol. The van der Waals surface area contributed by atoms with Gasteiger partial charge < -0.3 is 19.9 Å². The van der Waals surface area contributed by atoms with Crippen LogP contribution in [0.5, 0.6) is 17.2 Å². The standard InChI is InChI=1S/C15H22N2O3/c1-5-6-7-17-12(10-16)15-13(19-3)8-11(18-2)9-14(15)20-4/h8-9,12,17H,7,10,16H2,1-4H3. The third-order valence-corrected chi connectivity index (χ3v) is 2.95. The van der Waals surface area contributed by atoms with Crippen molar-refractivity contribution in [3.05, 3.63) is 17.7 Å². The fourth-order valence-corrected chi connectivity index (χ4v) is 1.94. The summed E-state index contributed by atoms with van der Waals surface area (Å²) < 4.78 is 16.1. The number of methoxy groups -OCH3 is 3. The number of nitrogens with two attached hydrogens (primary N) is 1. The molecule has 1 unspecified atom stereocenters. The molecule has 1 atom stereocenters. The highest BCUT2D eigenvalue weighted by Crippen LogP contribution is 2.37. The topological polar surface area (TPSA) is 65.7 Å². The first kappa shape index (κ1) is 16.2. The molecule has 5 nitrogen and oxygen atoms in total. The van der Waals surface area contributed by atoms with E-state index in [0.29, 0.717) is 30.3 Å². The molecule has 0 aliphatic heterocycles. The molecule has 0 spiro atoms. The van der Waals surface area contributed by atoms with Gasteiger partial charge in [0.15, 0.2) is 0 Å². The van der Waals surface area contributed by atoms with Gasteiger partial charge in [0.2, 0.25) is 0 Å². The van der Waals surface area contributed by atoms with E-state index in [1.807, 2.05) is 12.1 Å².